The number of benzene rings is 1. The van der Waals surface area contributed by atoms with Gasteiger partial charge in [0.15, 0.2) is 6.04 Å². The molecule has 12 heteroatoms. The van der Waals surface area contributed by atoms with Gasteiger partial charge in [0, 0.05) is 29.3 Å². The number of carboxylic acid groups (broad SMARTS) is 1. The minimum Gasteiger partial charge on any atom is -0.480 e. The SMILES string of the molecule is CC(C)C(N)C(=O)NC(Cc1c[nH]c2ccccc12)C(=O)NC(CS)C(=O)NC(C(=O)O)C(C)O. The second kappa shape index (κ2) is 12.6. The molecule has 1 heterocycles. The number of nitrogens with one attached hydrogen (secondary N) is 4. The van der Waals surface area contributed by atoms with Crippen LogP contribution in [-0.2, 0) is 25.6 Å². The monoisotopic (exact) mass is 507 g/mol. The molecule has 0 spiro atoms. The molecule has 5 unspecified atom stereocenters. The number of fused-ring (bicyclic) bond motifs is 1. The maximum Gasteiger partial charge on any atom is 0.328 e. The molecular formula is C23H33N5O6S. The fourth-order valence-electron chi connectivity index (χ4n) is 3.41. The normalized spacial score (nSPS) is 15.6. The fourth-order valence-corrected chi connectivity index (χ4v) is 3.67. The van der Waals surface area contributed by atoms with Crippen LogP contribution in [0.5, 0.6) is 0 Å². The molecule has 2 rings (SSSR count). The molecule has 0 bridgehead atoms. The Bertz CT molecular complexity index is 1060. The standard InChI is InChI=1S/C23H33N5O6S/c1-11(2)18(24)22(32)26-16(8-13-9-25-15-7-5-4-6-14(13)15)20(30)27-17(10-35)21(31)28-19(12(3)29)23(33)34/h4-7,9,11-12,16-19,25,29,35H,8,10,24H2,1-3H3,(H,26,32)(H,27,30)(H,28,31)(H,33,34). The molecule has 5 atom stereocenters. The number of aliphatic hydroxyl groups is 1. The van der Waals surface area contributed by atoms with Gasteiger partial charge in [-0.2, -0.15) is 12.6 Å². The van der Waals surface area contributed by atoms with Gasteiger partial charge in [0.25, 0.3) is 0 Å². The van der Waals surface area contributed by atoms with Crippen molar-refractivity contribution in [2.45, 2.75) is 57.5 Å². The van der Waals surface area contributed by atoms with Crippen LogP contribution in [0.1, 0.15) is 26.3 Å². The van der Waals surface area contributed by atoms with Gasteiger partial charge >= 0.3 is 5.97 Å². The van der Waals surface area contributed by atoms with Gasteiger partial charge in [-0.1, -0.05) is 32.0 Å². The van der Waals surface area contributed by atoms with Gasteiger partial charge in [-0.3, -0.25) is 14.4 Å². The third-order valence-electron chi connectivity index (χ3n) is 5.61. The van der Waals surface area contributed by atoms with E-state index in [0.717, 1.165) is 16.5 Å². The van der Waals surface area contributed by atoms with Crippen LogP contribution in [0.15, 0.2) is 30.5 Å². The maximum absolute atomic E-state index is 13.2. The van der Waals surface area contributed by atoms with Crippen LogP contribution in [0, 0.1) is 5.92 Å². The third-order valence-corrected chi connectivity index (χ3v) is 5.98. The van der Waals surface area contributed by atoms with Crippen LogP contribution in [0.2, 0.25) is 0 Å². The van der Waals surface area contributed by atoms with Gasteiger partial charge in [-0.25, -0.2) is 4.79 Å². The molecule has 0 saturated carbocycles. The van der Waals surface area contributed by atoms with Crippen LogP contribution in [0.4, 0.5) is 0 Å². The van der Waals surface area contributed by atoms with E-state index in [2.05, 4.69) is 33.6 Å². The summed E-state index contributed by atoms with van der Waals surface area (Å²) in [5, 5.41) is 27.1. The highest BCUT2D eigenvalue weighted by Gasteiger charge is 2.32. The molecule has 0 aliphatic carbocycles. The van der Waals surface area contributed by atoms with E-state index in [1.54, 1.807) is 20.0 Å². The lowest BCUT2D eigenvalue weighted by atomic mass is 10.0. The van der Waals surface area contributed by atoms with E-state index < -0.39 is 54.0 Å². The predicted molar refractivity (Wildman–Crippen MR) is 134 cm³/mol. The first-order valence-corrected chi connectivity index (χ1v) is 11.8. The number of para-hydroxylation sites is 1. The fraction of sp³-hybridized carbons (Fsp3) is 0.478. The first-order chi connectivity index (χ1) is 16.5. The topological polar surface area (TPSA) is 187 Å². The van der Waals surface area contributed by atoms with Gasteiger partial charge < -0.3 is 36.9 Å². The number of carbonyl (C=O) groups is 4. The van der Waals surface area contributed by atoms with Gasteiger partial charge in [0.2, 0.25) is 17.7 Å². The van der Waals surface area contributed by atoms with Crippen molar-refractivity contribution in [3.63, 3.8) is 0 Å². The van der Waals surface area contributed by atoms with Crippen molar-refractivity contribution < 1.29 is 29.4 Å². The van der Waals surface area contributed by atoms with E-state index in [0.29, 0.717) is 0 Å². The smallest absolute Gasteiger partial charge is 0.328 e. The Labute approximate surface area is 208 Å². The van der Waals surface area contributed by atoms with Gasteiger partial charge in [-0.05, 0) is 24.5 Å². The van der Waals surface area contributed by atoms with E-state index in [1.807, 2.05) is 24.3 Å². The van der Waals surface area contributed by atoms with E-state index in [-0.39, 0.29) is 18.1 Å². The predicted octanol–water partition coefficient (Wildman–Crippen LogP) is -0.457. The second-order valence-electron chi connectivity index (χ2n) is 8.70. The highest BCUT2D eigenvalue weighted by Crippen LogP contribution is 2.19. The molecule has 35 heavy (non-hydrogen) atoms. The molecule has 11 nitrogen and oxygen atoms in total. The van der Waals surface area contributed by atoms with Gasteiger partial charge in [0.1, 0.15) is 12.1 Å². The van der Waals surface area contributed by atoms with Crippen molar-refractivity contribution in [3.8, 4) is 0 Å². The molecule has 8 N–H and O–H groups in total. The lowest BCUT2D eigenvalue weighted by Crippen LogP contribution is -2.59. The number of H-pyrrole nitrogens is 1. The number of amides is 3. The van der Waals surface area contributed by atoms with E-state index in [9.17, 15) is 29.4 Å². The molecule has 0 aliphatic rings. The number of aromatic amines is 1. The summed E-state index contributed by atoms with van der Waals surface area (Å²) in [6.07, 6.45) is 0.486. The number of carboxylic acids is 1. The van der Waals surface area contributed by atoms with Crippen molar-refractivity contribution in [3.05, 3.63) is 36.0 Å². The number of rotatable bonds is 12. The number of thiol groups is 1. The zero-order valence-corrected chi connectivity index (χ0v) is 20.7. The Balaban J connectivity index is 2.25. The number of hydrogen-bond donors (Lipinski definition) is 8. The summed E-state index contributed by atoms with van der Waals surface area (Å²) in [6, 6.07) is 2.77. The van der Waals surface area contributed by atoms with E-state index in [1.165, 1.54) is 6.92 Å². The number of nitrogens with two attached hydrogens (primary N) is 1. The van der Waals surface area contributed by atoms with Gasteiger partial charge in [-0.15, -0.1) is 0 Å². The molecule has 192 valence electrons. The van der Waals surface area contributed by atoms with Crippen molar-refractivity contribution in [2.24, 2.45) is 11.7 Å². The highest BCUT2D eigenvalue weighted by atomic mass is 32.1. The molecule has 1 aromatic carbocycles. The quantitative estimate of drug-likeness (QED) is 0.179. The summed E-state index contributed by atoms with van der Waals surface area (Å²) in [4.78, 5) is 52.9. The summed E-state index contributed by atoms with van der Waals surface area (Å²) in [5.74, 6) is -3.77. The third kappa shape index (κ3) is 7.44. The lowest BCUT2D eigenvalue weighted by molar-refractivity contribution is -0.145. The molecule has 0 aliphatic heterocycles. The van der Waals surface area contributed by atoms with Crippen molar-refractivity contribution >= 4 is 47.2 Å². The average molecular weight is 508 g/mol. The maximum atomic E-state index is 13.2. The van der Waals surface area contributed by atoms with E-state index in [4.69, 9.17) is 5.73 Å². The Kier molecular flexibility index (Phi) is 10.1. The summed E-state index contributed by atoms with van der Waals surface area (Å²) in [7, 11) is 0. The summed E-state index contributed by atoms with van der Waals surface area (Å²) in [5.41, 5.74) is 7.58. The minimum absolute atomic E-state index is 0.110. The summed E-state index contributed by atoms with van der Waals surface area (Å²) < 4.78 is 0. The number of aliphatic hydroxyl groups excluding tert-OH is 1. The van der Waals surface area contributed by atoms with Crippen LogP contribution >= 0.6 is 12.6 Å². The second-order valence-corrected chi connectivity index (χ2v) is 9.07. The zero-order chi connectivity index (χ0) is 26.3. The first kappa shape index (κ1) is 28.1. The number of hydrogen-bond acceptors (Lipinski definition) is 7. The Morgan fingerprint density at radius 3 is 2.17 bits per heavy atom. The number of aromatic nitrogens is 1. The Hall–Kier alpha value is -3.09. The van der Waals surface area contributed by atoms with Crippen LogP contribution in [0.25, 0.3) is 10.9 Å². The lowest BCUT2D eigenvalue weighted by Gasteiger charge is -2.25. The summed E-state index contributed by atoms with van der Waals surface area (Å²) in [6.45, 7) is 4.78. The van der Waals surface area contributed by atoms with Crippen LogP contribution in [-0.4, -0.2) is 74.9 Å². The molecule has 3 amide bonds. The minimum atomic E-state index is -1.56. The van der Waals surface area contributed by atoms with Gasteiger partial charge in [0.05, 0.1) is 12.1 Å². The largest absolute Gasteiger partial charge is 0.480 e. The van der Waals surface area contributed by atoms with Crippen LogP contribution < -0.4 is 21.7 Å². The Morgan fingerprint density at radius 1 is 1.00 bits per heavy atom. The molecule has 0 fully saturated rings. The highest BCUT2D eigenvalue weighted by molar-refractivity contribution is 7.80. The number of aliphatic carboxylic acids is 1. The number of carbonyl (C=O) groups excluding carboxylic acids is 3. The molecule has 0 saturated heterocycles. The van der Waals surface area contributed by atoms with Crippen molar-refractivity contribution in [1.82, 2.24) is 20.9 Å². The first-order valence-electron chi connectivity index (χ1n) is 11.2. The molecular weight excluding hydrogens is 474 g/mol. The van der Waals surface area contributed by atoms with Crippen molar-refractivity contribution in [2.75, 3.05) is 5.75 Å². The average Bonchev–Trinajstić information content (AvgIpc) is 3.21. The molecule has 2 aromatic rings. The summed E-state index contributed by atoms with van der Waals surface area (Å²) >= 11 is 4.09. The zero-order valence-electron chi connectivity index (χ0n) is 19.8. The van der Waals surface area contributed by atoms with E-state index >= 15 is 0 Å². The molecule has 0 radical (unpaired) electrons. The molecule has 1 aromatic heterocycles. The van der Waals surface area contributed by atoms with Crippen molar-refractivity contribution in [1.29, 1.82) is 0 Å². The van der Waals surface area contributed by atoms with Crippen LogP contribution in [0.3, 0.4) is 0 Å². The Morgan fingerprint density at radius 2 is 1.60 bits per heavy atom.